The van der Waals surface area contributed by atoms with Crippen LogP contribution in [-0.2, 0) is 6.42 Å². The molecule has 1 atom stereocenters. The molecule has 1 saturated heterocycles. The van der Waals surface area contributed by atoms with Gasteiger partial charge in [-0.2, -0.15) is 9.97 Å². The van der Waals surface area contributed by atoms with Crippen molar-refractivity contribution in [2.45, 2.75) is 25.8 Å². The fraction of sp³-hybridized carbons (Fsp3) is 0.714. The van der Waals surface area contributed by atoms with Crippen molar-refractivity contribution >= 4 is 17.6 Å². The maximum absolute atomic E-state index is 4.72. The molecule has 2 aliphatic heterocycles. The Bertz CT molecular complexity index is 481. The van der Waals surface area contributed by atoms with Crippen molar-refractivity contribution in [2.24, 2.45) is 0 Å². The second kappa shape index (κ2) is 5.44. The molecule has 1 aromatic rings. The number of anilines is 3. The molecule has 1 unspecified atom stereocenters. The van der Waals surface area contributed by atoms with Crippen molar-refractivity contribution in [3.8, 4) is 0 Å². The molecule has 6 heteroatoms. The molecule has 2 N–H and O–H groups in total. The van der Waals surface area contributed by atoms with Gasteiger partial charge in [-0.25, -0.2) is 0 Å². The number of aromatic nitrogens is 2. The molecule has 6 nitrogen and oxygen atoms in total. The number of nitrogens with zero attached hydrogens (tertiary/aromatic N) is 4. The zero-order valence-corrected chi connectivity index (χ0v) is 12.6. The van der Waals surface area contributed by atoms with E-state index in [0.717, 1.165) is 50.7 Å². The Labute approximate surface area is 120 Å². The second-order valence-electron chi connectivity index (χ2n) is 5.82. The summed E-state index contributed by atoms with van der Waals surface area (Å²) in [7, 11) is 4.05. The van der Waals surface area contributed by atoms with E-state index >= 15 is 0 Å². The van der Waals surface area contributed by atoms with Gasteiger partial charge in [0.05, 0.1) is 0 Å². The Balaban J connectivity index is 1.94. The van der Waals surface area contributed by atoms with E-state index in [4.69, 9.17) is 4.98 Å². The molecule has 110 valence electrons. The minimum Gasteiger partial charge on any atom is -0.367 e. The van der Waals surface area contributed by atoms with Crippen LogP contribution < -0.4 is 15.5 Å². The largest absolute Gasteiger partial charge is 0.367 e. The van der Waals surface area contributed by atoms with Crippen LogP contribution >= 0.6 is 0 Å². The van der Waals surface area contributed by atoms with Crippen LogP contribution in [0.1, 0.15) is 18.9 Å². The first-order valence-corrected chi connectivity index (χ1v) is 7.46. The smallest absolute Gasteiger partial charge is 0.226 e. The first-order valence-electron chi connectivity index (χ1n) is 7.46. The summed E-state index contributed by atoms with van der Waals surface area (Å²) in [6.45, 7) is 6.48. The third-order valence-electron chi connectivity index (χ3n) is 4.22. The molecule has 0 saturated carbocycles. The number of hydrogen-bond donors (Lipinski definition) is 2. The third kappa shape index (κ3) is 2.52. The van der Waals surface area contributed by atoms with Gasteiger partial charge in [0.25, 0.3) is 0 Å². The topological polar surface area (TPSA) is 56.3 Å². The maximum Gasteiger partial charge on any atom is 0.226 e. The van der Waals surface area contributed by atoms with Gasteiger partial charge >= 0.3 is 0 Å². The van der Waals surface area contributed by atoms with E-state index in [9.17, 15) is 0 Å². The molecule has 0 spiro atoms. The molecule has 1 aromatic heterocycles. The van der Waals surface area contributed by atoms with Gasteiger partial charge in [-0.1, -0.05) is 0 Å². The van der Waals surface area contributed by atoms with E-state index in [0.29, 0.717) is 12.0 Å². The predicted octanol–water partition coefficient (Wildman–Crippen LogP) is 1.02. The monoisotopic (exact) mass is 276 g/mol. The van der Waals surface area contributed by atoms with Crippen LogP contribution in [0.5, 0.6) is 0 Å². The molecule has 0 bridgehead atoms. The number of likely N-dealkylation sites (N-methyl/N-ethyl adjacent to an activating group) is 1. The summed E-state index contributed by atoms with van der Waals surface area (Å²) in [6.07, 6.45) is 2.21. The fourth-order valence-corrected chi connectivity index (χ4v) is 2.88. The maximum atomic E-state index is 4.72. The van der Waals surface area contributed by atoms with E-state index in [-0.39, 0.29) is 0 Å². The van der Waals surface area contributed by atoms with Crippen LogP contribution in [0.3, 0.4) is 0 Å². The summed E-state index contributed by atoms with van der Waals surface area (Å²) in [5.41, 5.74) is 1.28. The number of fused-ring (bicyclic) bond motifs is 1. The molecule has 2 aliphatic rings. The van der Waals surface area contributed by atoms with Gasteiger partial charge in [-0.05, 0) is 26.8 Å². The Morgan fingerprint density at radius 1 is 1.20 bits per heavy atom. The lowest BCUT2D eigenvalue weighted by molar-refractivity contribution is 0.311. The van der Waals surface area contributed by atoms with Gasteiger partial charge in [-0.3, -0.25) is 0 Å². The Morgan fingerprint density at radius 3 is 2.65 bits per heavy atom. The number of hydrogen-bond acceptors (Lipinski definition) is 6. The average molecular weight is 276 g/mol. The third-order valence-corrected chi connectivity index (χ3v) is 4.22. The highest BCUT2D eigenvalue weighted by Gasteiger charge is 2.25. The molecule has 3 heterocycles. The molecule has 0 amide bonds. The Hall–Kier alpha value is -1.56. The van der Waals surface area contributed by atoms with Crippen LogP contribution in [0.25, 0.3) is 0 Å². The van der Waals surface area contributed by atoms with Gasteiger partial charge in [-0.15, -0.1) is 0 Å². The van der Waals surface area contributed by atoms with Gasteiger partial charge < -0.3 is 20.4 Å². The summed E-state index contributed by atoms with van der Waals surface area (Å²) in [5.74, 6) is 2.84. The first-order chi connectivity index (χ1) is 9.67. The van der Waals surface area contributed by atoms with Crippen LogP contribution in [0, 0.1) is 0 Å². The molecular weight excluding hydrogens is 252 g/mol. The van der Waals surface area contributed by atoms with Crippen molar-refractivity contribution in [3.05, 3.63) is 5.56 Å². The van der Waals surface area contributed by atoms with Crippen LogP contribution in [0.4, 0.5) is 17.6 Å². The molecule has 1 fully saturated rings. The minimum absolute atomic E-state index is 0.488. The lowest BCUT2D eigenvalue weighted by Gasteiger charge is -2.36. The predicted molar refractivity (Wildman–Crippen MR) is 82.7 cm³/mol. The zero-order chi connectivity index (χ0) is 14.1. The number of piperazine rings is 1. The Morgan fingerprint density at radius 2 is 1.95 bits per heavy atom. The van der Waals surface area contributed by atoms with Crippen molar-refractivity contribution in [1.29, 1.82) is 0 Å². The van der Waals surface area contributed by atoms with E-state index in [1.165, 1.54) is 5.56 Å². The summed E-state index contributed by atoms with van der Waals surface area (Å²) in [4.78, 5) is 14.1. The second-order valence-corrected chi connectivity index (χ2v) is 5.82. The van der Waals surface area contributed by atoms with Gasteiger partial charge in [0.15, 0.2) is 0 Å². The van der Waals surface area contributed by atoms with Crippen LogP contribution in [0.2, 0.25) is 0 Å². The van der Waals surface area contributed by atoms with E-state index in [2.05, 4.69) is 39.4 Å². The molecule has 0 aliphatic carbocycles. The molecule has 20 heavy (non-hydrogen) atoms. The first kappa shape index (κ1) is 13.4. The van der Waals surface area contributed by atoms with E-state index in [1.54, 1.807) is 0 Å². The molecular formula is C14H24N6. The molecule has 0 aromatic carbocycles. The highest BCUT2D eigenvalue weighted by molar-refractivity contribution is 5.64. The summed E-state index contributed by atoms with van der Waals surface area (Å²) < 4.78 is 0. The standard InChI is InChI=1S/C14H24N6/c1-10-4-5-11-12(16-10)17-14(15-2)18-13(11)20-8-6-19(3)7-9-20/h10H,4-9H2,1-3H3,(H2,15,16,17,18). The van der Waals surface area contributed by atoms with Gasteiger partial charge in [0.2, 0.25) is 5.95 Å². The van der Waals surface area contributed by atoms with E-state index < -0.39 is 0 Å². The number of rotatable bonds is 2. The van der Waals surface area contributed by atoms with Crippen LogP contribution in [0.15, 0.2) is 0 Å². The van der Waals surface area contributed by atoms with Crippen molar-refractivity contribution in [1.82, 2.24) is 14.9 Å². The van der Waals surface area contributed by atoms with Gasteiger partial charge in [0, 0.05) is 44.8 Å². The zero-order valence-electron chi connectivity index (χ0n) is 12.6. The number of nitrogens with one attached hydrogen (secondary N) is 2. The summed E-state index contributed by atoms with van der Waals surface area (Å²) >= 11 is 0. The van der Waals surface area contributed by atoms with Crippen molar-refractivity contribution < 1.29 is 0 Å². The normalized spacial score (nSPS) is 23.1. The lowest BCUT2D eigenvalue weighted by atomic mass is 10.0. The molecule has 0 radical (unpaired) electrons. The Kier molecular flexibility index (Phi) is 3.65. The van der Waals surface area contributed by atoms with Crippen LogP contribution in [-0.4, -0.2) is 61.2 Å². The van der Waals surface area contributed by atoms with Crippen molar-refractivity contribution in [3.63, 3.8) is 0 Å². The fourth-order valence-electron chi connectivity index (χ4n) is 2.88. The lowest BCUT2D eigenvalue weighted by Crippen LogP contribution is -2.45. The van der Waals surface area contributed by atoms with Crippen molar-refractivity contribution in [2.75, 3.05) is 55.8 Å². The quantitative estimate of drug-likeness (QED) is 0.841. The van der Waals surface area contributed by atoms with Gasteiger partial charge in [0.1, 0.15) is 11.6 Å². The van der Waals surface area contributed by atoms with E-state index in [1.807, 2.05) is 7.05 Å². The molecule has 3 rings (SSSR count). The highest BCUT2D eigenvalue weighted by atomic mass is 15.3. The average Bonchev–Trinajstić information content (AvgIpc) is 2.46. The minimum atomic E-state index is 0.488. The highest BCUT2D eigenvalue weighted by Crippen LogP contribution is 2.32. The summed E-state index contributed by atoms with van der Waals surface area (Å²) in [6, 6.07) is 0.488. The SMILES string of the molecule is CNc1nc2c(c(N3CCN(C)CC3)n1)CCC(C)N2. The summed E-state index contributed by atoms with van der Waals surface area (Å²) in [5, 5.41) is 6.58.